The van der Waals surface area contributed by atoms with Crippen LogP contribution in [0.15, 0.2) is 4.99 Å². The minimum Gasteiger partial charge on any atom is -0.357 e. The quantitative estimate of drug-likeness (QED) is 0.370. The van der Waals surface area contributed by atoms with E-state index in [0.29, 0.717) is 12.5 Å². The monoisotopic (exact) mass is 503 g/mol. The molecule has 0 radical (unpaired) electrons. The number of halogens is 1. The van der Waals surface area contributed by atoms with Crippen LogP contribution < -0.4 is 10.6 Å². The molecule has 27 heavy (non-hydrogen) atoms. The Morgan fingerprint density at radius 1 is 1.33 bits per heavy atom. The molecule has 0 amide bonds. The summed E-state index contributed by atoms with van der Waals surface area (Å²) in [6, 6.07) is 0.145. The Kier molecular flexibility index (Phi) is 8.02. The van der Waals surface area contributed by atoms with Crippen molar-refractivity contribution < 1.29 is 0 Å². The normalized spacial score (nSPS) is 16.8. The molecule has 1 aliphatic rings. The summed E-state index contributed by atoms with van der Waals surface area (Å²) in [5, 5.41) is 12.4. The zero-order chi connectivity index (χ0) is 18.7. The molecule has 0 aromatic carbocycles. The lowest BCUT2D eigenvalue weighted by Crippen LogP contribution is -2.41. The zero-order valence-corrected chi connectivity index (χ0v) is 19.9. The van der Waals surface area contributed by atoms with Gasteiger partial charge in [-0.25, -0.2) is 19.6 Å². The third-order valence-corrected chi connectivity index (χ3v) is 5.40. The van der Waals surface area contributed by atoms with Crippen molar-refractivity contribution in [1.82, 2.24) is 30.4 Å². The number of aryl methyl sites for hydroxylation is 3. The standard InChI is InChI=1S/C18H29N7S.HI/c1-6-19-18(20-10-15-23-16(11(2)3)12(4)26-15)22-14-8-7-9-25-17(14)21-13(5)24-25;/h11,14H,6-10H2,1-5H3,(H2,19,20,22);1H. The van der Waals surface area contributed by atoms with E-state index in [9.17, 15) is 0 Å². The minimum atomic E-state index is 0. The van der Waals surface area contributed by atoms with Crippen LogP contribution in [0.2, 0.25) is 0 Å². The fraction of sp³-hybridized carbons (Fsp3) is 0.667. The first-order valence-corrected chi connectivity index (χ1v) is 10.2. The van der Waals surface area contributed by atoms with Crippen LogP contribution in [-0.4, -0.2) is 32.3 Å². The lowest BCUT2D eigenvalue weighted by Gasteiger charge is -2.24. The third-order valence-electron chi connectivity index (χ3n) is 4.43. The average Bonchev–Trinajstić information content (AvgIpc) is 3.15. The van der Waals surface area contributed by atoms with Crippen LogP contribution in [0.5, 0.6) is 0 Å². The lowest BCUT2D eigenvalue weighted by molar-refractivity contribution is 0.397. The SMILES string of the molecule is CCNC(=NCc1nc(C(C)C)c(C)s1)NC1CCCn2nc(C)nc21.I. The van der Waals surface area contributed by atoms with Gasteiger partial charge in [-0.2, -0.15) is 5.10 Å². The van der Waals surface area contributed by atoms with E-state index >= 15 is 0 Å². The molecule has 0 spiro atoms. The van der Waals surface area contributed by atoms with Crippen LogP contribution in [0.3, 0.4) is 0 Å². The molecular weight excluding hydrogens is 473 g/mol. The van der Waals surface area contributed by atoms with Crippen molar-refractivity contribution in [2.24, 2.45) is 4.99 Å². The van der Waals surface area contributed by atoms with E-state index in [1.54, 1.807) is 11.3 Å². The zero-order valence-electron chi connectivity index (χ0n) is 16.7. The third kappa shape index (κ3) is 5.40. The summed E-state index contributed by atoms with van der Waals surface area (Å²) >= 11 is 1.74. The van der Waals surface area contributed by atoms with Gasteiger partial charge in [-0.3, -0.25) is 0 Å². The summed E-state index contributed by atoms with van der Waals surface area (Å²) < 4.78 is 2.01. The number of nitrogens with one attached hydrogen (secondary N) is 2. The number of hydrogen-bond donors (Lipinski definition) is 2. The first kappa shape index (κ1) is 22.1. The van der Waals surface area contributed by atoms with Gasteiger partial charge in [0.05, 0.1) is 18.3 Å². The second-order valence-electron chi connectivity index (χ2n) is 6.98. The molecule has 0 saturated heterocycles. The Hall–Kier alpha value is -1.23. The Morgan fingerprint density at radius 3 is 2.78 bits per heavy atom. The van der Waals surface area contributed by atoms with Gasteiger partial charge in [0.2, 0.25) is 0 Å². The summed E-state index contributed by atoms with van der Waals surface area (Å²) in [5.74, 6) is 3.10. The number of nitrogens with zero attached hydrogens (tertiary/aromatic N) is 5. The van der Waals surface area contributed by atoms with Crippen molar-refractivity contribution in [3.05, 3.63) is 27.2 Å². The summed E-state index contributed by atoms with van der Waals surface area (Å²) in [4.78, 5) is 15.4. The van der Waals surface area contributed by atoms with Crippen LogP contribution in [0.25, 0.3) is 0 Å². The van der Waals surface area contributed by atoms with Gasteiger partial charge in [0, 0.05) is 18.0 Å². The van der Waals surface area contributed by atoms with Gasteiger partial charge in [0.15, 0.2) is 5.96 Å². The van der Waals surface area contributed by atoms with Gasteiger partial charge < -0.3 is 10.6 Å². The topological polar surface area (TPSA) is 80.0 Å². The molecule has 0 bridgehead atoms. The van der Waals surface area contributed by atoms with Gasteiger partial charge in [0.25, 0.3) is 0 Å². The lowest BCUT2D eigenvalue weighted by atomic mass is 10.1. The van der Waals surface area contributed by atoms with E-state index in [4.69, 9.17) is 9.98 Å². The summed E-state index contributed by atoms with van der Waals surface area (Å²) in [6.45, 7) is 12.9. The van der Waals surface area contributed by atoms with Crippen LogP contribution in [0, 0.1) is 13.8 Å². The number of hydrogen-bond acceptors (Lipinski definition) is 5. The van der Waals surface area contributed by atoms with Crippen molar-refractivity contribution in [1.29, 1.82) is 0 Å². The van der Waals surface area contributed by atoms with Crippen molar-refractivity contribution in [2.45, 2.75) is 72.5 Å². The molecule has 1 unspecified atom stereocenters. The molecular formula is C18H30IN7S. The number of thiazole rings is 1. The van der Waals surface area contributed by atoms with Gasteiger partial charge in [-0.1, -0.05) is 13.8 Å². The van der Waals surface area contributed by atoms with Crippen LogP contribution in [0.1, 0.15) is 72.8 Å². The molecule has 1 atom stereocenters. The van der Waals surface area contributed by atoms with Crippen molar-refractivity contribution in [3.63, 3.8) is 0 Å². The van der Waals surface area contributed by atoms with Crippen LogP contribution in [0.4, 0.5) is 0 Å². The minimum absolute atomic E-state index is 0. The predicted molar refractivity (Wildman–Crippen MR) is 121 cm³/mol. The van der Waals surface area contributed by atoms with Crippen LogP contribution >= 0.6 is 35.3 Å². The molecule has 1 aliphatic heterocycles. The average molecular weight is 503 g/mol. The maximum absolute atomic E-state index is 4.76. The smallest absolute Gasteiger partial charge is 0.192 e. The van der Waals surface area contributed by atoms with Gasteiger partial charge in [-0.15, -0.1) is 35.3 Å². The highest BCUT2D eigenvalue weighted by Crippen LogP contribution is 2.25. The highest BCUT2D eigenvalue weighted by molar-refractivity contribution is 14.0. The Morgan fingerprint density at radius 2 is 2.11 bits per heavy atom. The number of rotatable bonds is 5. The van der Waals surface area contributed by atoms with E-state index in [1.165, 1.54) is 10.6 Å². The molecule has 2 aromatic heterocycles. The molecule has 2 aromatic rings. The molecule has 2 N–H and O–H groups in total. The summed E-state index contributed by atoms with van der Waals surface area (Å²) in [5.41, 5.74) is 1.19. The van der Waals surface area contributed by atoms with Crippen LogP contribution in [-0.2, 0) is 13.1 Å². The summed E-state index contributed by atoms with van der Waals surface area (Å²) in [7, 11) is 0. The van der Waals surface area contributed by atoms with E-state index in [1.807, 2.05) is 11.6 Å². The van der Waals surface area contributed by atoms with Gasteiger partial charge >= 0.3 is 0 Å². The molecule has 7 nitrogen and oxygen atoms in total. The summed E-state index contributed by atoms with van der Waals surface area (Å²) in [6.07, 6.45) is 2.13. The van der Waals surface area contributed by atoms with Gasteiger partial charge in [-0.05, 0) is 39.5 Å². The first-order valence-electron chi connectivity index (χ1n) is 9.40. The molecule has 150 valence electrons. The molecule has 0 saturated carbocycles. The van der Waals surface area contributed by atoms with Gasteiger partial charge in [0.1, 0.15) is 16.7 Å². The molecule has 3 heterocycles. The van der Waals surface area contributed by atoms with E-state index < -0.39 is 0 Å². The molecule has 9 heteroatoms. The maximum Gasteiger partial charge on any atom is 0.192 e. The number of aliphatic imine (C=N–C) groups is 1. The number of aromatic nitrogens is 4. The largest absolute Gasteiger partial charge is 0.357 e. The fourth-order valence-corrected chi connectivity index (χ4v) is 4.32. The maximum atomic E-state index is 4.76. The van der Waals surface area contributed by atoms with E-state index in [-0.39, 0.29) is 30.0 Å². The Balaban J connectivity index is 0.00000261. The Bertz CT molecular complexity index is 781. The number of fused-ring (bicyclic) bond motifs is 1. The fourth-order valence-electron chi connectivity index (χ4n) is 3.31. The van der Waals surface area contributed by atoms with Crippen molar-refractivity contribution in [3.8, 4) is 0 Å². The van der Waals surface area contributed by atoms with E-state index in [0.717, 1.165) is 48.5 Å². The molecule has 3 rings (SSSR count). The number of guanidine groups is 1. The Labute approximate surface area is 182 Å². The van der Waals surface area contributed by atoms with E-state index in [2.05, 4.69) is 48.4 Å². The predicted octanol–water partition coefficient (Wildman–Crippen LogP) is 3.68. The second kappa shape index (κ2) is 9.81. The molecule has 0 fully saturated rings. The molecule has 0 aliphatic carbocycles. The second-order valence-corrected chi connectivity index (χ2v) is 8.27. The highest BCUT2D eigenvalue weighted by atomic mass is 127. The first-order chi connectivity index (χ1) is 12.5. The highest BCUT2D eigenvalue weighted by Gasteiger charge is 2.24. The van der Waals surface area contributed by atoms with Crippen molar-refractivity contribution >= 4 is 41.3 Å². The van der Waals surface area contributed by atoms with Crippen molar-refractivity contribution in [2.75, 3.05) is 6.54 Å².